The van der Waals surface area contributed by atoms with E-state index < -0.39 is 97.5 Å². The van der Waals surface area contributed by atoms with Crippen molar-refractivity contribution in [3.8, 4) is 0 Å². The van der Waals surface area contributed by atoms with Crippen LogP contribution in [0.2, 0.25) is 0 Å². The summed E-state index contributed by atoms with van der Waals surface area (Å²) in [6.07, 6.45) is 48.8. The van der Waals surface area contributed by atoms with E-state index in [-0.39, 0.29) is 25.7 Å². The quantitative estimate of drug-likeness (QED) is 0.0222. The molecule has 0 bridgehead atoms. The van der Waals surface area contributed by atoms with E-state index in [1.807, 2.05) is 0 Å². The second-order valence-corrected chi connectivity index (χ2v) is 30.7. The van der Waals surface area contributed by atoms with Gasteiger partial charge in [-0.1, -0.05) is 318 Å². The molecule has 0 amide bonds. The van der Waals surface area contributed by atoms with Crippen molar-refractivity contribution in [1.82, 2.24) is 0 Å². The molecule has 19 heteroatoms. The van der Waals surface area contributed by atoms with Crippen molar-refractivity contribution >= 4 is 39.5 Å². The molecule has 2 unspecified atom stereocenters. The third-order valence-corrected chi connectivity index (χ3v) is 18.8. The second-order valence-electron chi connectivity index (χ2n) is 27.8. The summed E-state index contributed by atoms with van der Waals surface area (Å²) >= 11 is 0. The summed E-state index contributed by atoms with van der Waals surface area (Å²) in [5.41, 5.74) is 0. The molecule has 0 saturated heterocycles. The Morgan fingerprint density at radius 3 is 0.739 bits per heavy atom. The first kappa shape index (κ1) is 90.1. The smallest absolute Gasteiger partial charge is 0.462 e. The number of aliphatic hydroxyl groups is 1. The van der Waals surface area contributed by atoms with Crippen LogP contribution in [0.15, 0.2) is 0 Å². The number of hydrogen-bond donors (Lipinski definition) is 3. The van der Waals surface area contributed by atoms with Crippen LogP contribution in [0, 0.1) is 17.8 Å². The lowest BCUT2D eigenvalue weighted by Gasteiger charge is -2.21. The molecule has 3 N–H and O–H groups in total. The van der Waals surface area contributed by atoms with Crippen LogP contribution in [0.3, 0.4) is 0 Å². The summed E-state index contributed by atoms with van der Waals surface area (Å²) in [5.74, 6) is 0.0820. The highest BCUT2D eigenvalue weighted by Gasteiger charge is 2.30. The van der Waals surface area contributed by atoms with Gasteiger partial charge in [0.1, 0.15) is 19.3 Å². The predicted octanol–water partition coefficient (Wildman–Crippen LogP) is 21.0. The number of carbonyl (C=O) groups is 4. The first-order valence-corrected chi connectivity index (χ1v) is 40.8. The van der Waals surface area contributed by atoms with E-state index in [0.717, 1.165) is 108 Å². The Morgan fingerprint density at radius 2 is 0.500 bits per heavy atom. The highest BCUT2D eigenvalue weighted by molar-refractivity contribution is 7.47. The van der Waals surface area contributed by atoms with Gasteiger partial charge in [0.2, 0.25) is 0 Å². The molecule has 0 aromatic carbocycles. The van der Waals surface area contributed by atoms with Crippen LogP contribution < -0.4 is 0 Å². The van der Waals surface area contributed by atoms with E-state index in [0.29, 0.717) is 31.6 Å². The molecule has 0 aliphatic heterocycles. The van der Waals surface area contributed by atoms with Crippen LogP contribution in [-0.4, -0.2) is 96.7 Å². The van der Waals surface area contributed by atoms with Crippen molar-refractivity contribution in [1.29, 1.82) is 0 Å². The molecule has 92 heavy (non-hydrogen) atoms. The van der Waals surface area contributed by atoms with Crippen LogP contribution in [0.1, 0.15) is 370 Å². The Balaban J connectivity index is 5.21. The highest BCUT2D eigenvalue weighted by Crippen LogP contribution is 2.45. The molecule has 0 aromatic rings. The summed E-state index contributed by atoms with van der Waals surface area (Å²) in [4.78, 5) is 72.6. The second kappa shape index (κ2) is 63.8. The Kier molecular flexibility index (Phi) is 62.4. The molecule has 0 fully saturated rings. The molecule has 0 heterocycles. The molecular formula is C73H142O17P2. The Bertz CT molecular complexity index is 1800. The largest absolute Gasteiger partial charge is 0.472 e. The summed E-state index contributed by atoms with van der Waals surface area (Å²) in [5, 5.41) is 10.6. The number of carbonyl (C=O) groups excluding carboxylic acids is 4. The summed E-state index contributed by atoms with van der Waals surface area (Å²) in [7, 11) is -9.90. The Morgan fingerprint density at radius 1 is 0.293 bits per heavy atom. The fourth-order valence-electron chi connectivity index (χ4n) is 11.1. The average molecular weight is 1350 g/mol. The molecule has 546 valence electrons. The van der Waals surface area contributed by atoms with Crippen molar-refractivity contribution in [2.24, 2.45) is 17.8 Å². The van der Waals surface area contributed by atoms with Gasteiger partial charge in [-0.2, -0.15) is 0 Å². The Hall–Kier alpha value is -1.94. The van der Waals surface area contributed by atoms with Gasteiger partial charge in [0.05, 0.1) is 26.4 Å². The monoisotopic (exact) mass is 1350 g/mol. The average Bonchev–Trinajstić information content (AvgIpc) is 2.46. The topological polar surface area (TPSA) is 237 Å². The summed E-state index contributed by atoms with van der Waals surface area (Å²) in [6.45, 7) is 11.8. The van der Waals surface area contributed by atoms with Crippen LogP contribution >= 0.6 is 15.6 Å². The van der Waals surface area contributed by atoms with Gasteiger partial charge in [-0.05, 0) is 43.4 Å². The van der Waals surface area contributed by atoms with Gasteiger partial charge >= 0.3 is 39.5 Å². The zero-order valence-electron chi connectivity index (χ0n) is 60.0. The number of esters is 4. The van der Waals surface area contributed by atoms with Gasteiger partial charge in [0, 0.05) is 25.7 Å². The van der Waals surface area contributed by atoms with E-state index in [4.69, 9.17) is 37.0 Å². The fraction of sp³-hybridized carbons (Fsp3) is 0.945. The van der Waals surface area contributed by atoms with Gasteiger partial charge in [-0.25, -0.2) is 9.13 Å². The minimum absolute atomic E-state index is 0.103. The lowest BCUT2D eigenvalue weighted by atomic mass is 10.0. The number of phosphoric ester groups is 2. The van der Waals surface area contributed by atoms with E-state index in [1.165, 1.54) is 173 Å². The zero-order valence-corrected chi connectivity index (χ0v) is 61.8. The van der Waals surface area contributed by atoms with Crippen LogP contribution in [0.5, 0.6) is 0 Å². The lowest BCUT2D eigenvalue weighted by Crippen LogP contribution is -2.30. The van der Waals surface area contributed by atoms with E-state index >= 15 is 0 Å². The number of hydrogen-bond acceptors (Lipinski definition) is 15. The zero-order chi connectivity index (χ0) is 68.0. The van der Waals surface area contributed by atoms with E-state index in [9.17, 15) is 43.2 Å². The number of ether oxygens (including phenoxy) is 4. The Labute approximate surface area is 562 Å². The van der Waals surface area contributed by atoms with Crippen molar-refractivity contribution in [2.45, 2.75) is 388 Å². The SMILES string of the molecule is CCCCCCCCCCCCCCCC(=O)OC[C@H](COP(=O)(O)OC[C@@H](O)COP(=O)(O)OC[C@@H](COC(=O)CCCCCCCCC(C)C)OC(=O)CCCCCCCCCCC(C)C)OC(=O)CCCCCCCCCCCCCCCCCCC(C)C. The van der Waals surface area contributed by atoms with Crippen molar-refractivity contribution in [2.75, 3.05) is 39.6 Å². The number of phosphoric acid groups is 2. The molecule has 17 nitrogen and oxygen atoms in total. The maximum atomic E-state index is 13.1. The molecule has 0 aliphatic carbocycles. The third-order valence-electron chi connectivity index (χ3n) is 16.9. The third kappa shape index (κ3) is 66.7. The number of aliphatic hydroxyl groups excluding tert-OH is 1. The van der Waals surface area contributed by atoms with E-state index in [2.05, 4.69) is 48.5 Å². The minimum Gasteiger partial charge on any atom is -0.462 e. The molecule has 5 atom stereocenters. The van der Waals surface area contributed by atoms with E-state index in [1.54, 1.807) is 0 Å². The summed E-state index contributed by atoms with van der Waals surface area (Å²) in [6, 6.07) is 0. The molecular weight excluding hydrogens is 1210 g/mol. The molecule has 0 aromatic heterocycles. The van der Waals surface area contributed by atoms with Crippen LogP contribution in [0.25, 0.3) is 0 Å². The minimum atomic E-state index is -4.95. The molecule has 0 rings (SSSR count). The maximum Gasteiger partial charge on any atom is 0.472 e. The van der Waals surface area contributed by atoms with Crippen molar-refractivity contribution in [3.63, 3.8) is 0 Å². The first-order chi connectivity index (χ1) is 44.2. The normalized spacial score (nSPS) is 14.1. The molecule has 0 spiro atoms. The molecule has 0 radical (unpaired) electrons. The van der Waals surface area contributed by atoms with Gasteiger partial charge in [-0.3, -0.25) is 37.3 Å². The first-order valence-electron chi connectivity index (χ1n) is 37.8. The lowest BCUT2D eigenvalue weighted by molar-refractivity contribution is -0.161. The number of rotatable bonds is 71. The summed E-state index contributed by atoms with van der Waals surface area (Å²) < 4.78 is 68.3. The fourth-order valence-corrected chi connectivity index (χ4v) is 12.7. The molecule has 0 aliphatic rings. The molecule has 0 saturated carbocycles. The predicted molar refractivity (Wildman–Crippen MR) is 372 cm³/mol. The van der Waals surface area contributed by atoms with Gasteiger partial charge in [0.25, 0.3) is 0 Å². The number of unbranched alkanes of at least 4 members (excludes halogenated alkanes) is 39. The maximum absolute atomic E-state index is 13.1. The van der Waals surface area contributed by atoms with Crippen LogP contribution in [-0.2, 0) is 65.4 Å². The van der Waals surface area contributed by atoms with Crippen molar-refractivity contribution in [3.05, 3.63) is 0 Å². The van der Waals surface area contributed by atoms with Gasteiger partial charge in [-0.15, -0.1) is 0 Å². The van der Waals surface area contributed by atoms with Gasteiger partial charge < -0.3 is 33.8 Å². The van der Waals surface area contributed by atoms with Crippen molar-refractivity contribution < 1.29 is 80.2 Å². The highest BCUT2D eigenvalue weighted by atomic mass is 31.2. The van der Waals surface area contributed by atoms with Crippen LogP contribution in [0.4, 0.5) is 0 Å². The standard InChI is InChI=1S/C73H142O17P2/c1-8-9-10-11-12-13-14-19-23-26-32-40-47-54-70(75)83-60-68(89-72(77)56-49-42-33-27-24-21-18-16-15-17-20-22-25-30-37-44-51-64(2)3)62-87-91(79,80)85-58-67(74)59-86-92(81,82)88-63-69(61-84-71(76)55-48-41-36-35-39-46-53-66(6)7)90-73(78)57-50-43-34-29-28-31-38-45-52-65(4)5/h64-69,74H,8-63H2,1-7H3,(H,79,80)(H,81,82)/t67-,68-,69-/m1/s1. The van der Waals surface area contributed by atoms with Gasteiger partial charge in [0.15, 0.2) is 12.2 Å².